The van der Waals surface area contributed by atoms with E-state index in [1.165, 1.54) is 0 Å². The molecule has 9 heteroatoms. The van der Waals surface area contributed by atoms with Crippen LogP contribution in [0, 0.1) is 13.8 Å². The number of methoxy groups -OCH3 is 1. The summed E-state index contributed by atoms with van der Waals surface area (Å²) in [4.78, 5) is 9.06. The summed E-state index contributed by atoms with van der Waals surface area (Å²) in [5.74, 6) is 4.06. The molecule has 31 heavy (non-hydrogen) atoms. The zero-order chi connectivity index (χ0) is 22.4. The molecule has 0 fully saturated rings. The van der Waals surface area contributed by atoms with Gasteiger partial charge in [-0.2, -0.15) is 5.10 Å². The van der Waals surface area contributed by atoms with Crippen molar-refractivity contribution in [2.75, 3.05) is 20.2 Å². The molecular weight excluding hydrogens is 396 g/mol. The van der Waals surface area contributed by atoms with E-state index in [0.717, 1.165) is 22.6 Å². The smallest absolute Gasteiger partial charge is 0.191 e. The molecule has 9 nitrogen and oxygen atoms in total. The number of aromatic amines is 1. The zero-order valence-electron chi connectivity index (χ0n) is 18.6. The molecule has 2 aromatic heterocycles. The number of nitrogens with zero attached hydrogens (tertiary/aromatic N) is 3. The molecule has 3 aromatic rings. The molecule has 0 saturated carbocycles. The van der Waals surface area contributed by atoms with Gasteiger partial charge in [0.1, 0.15) is 35.2 Å². The number of hydrogen-bond acceptors (Lipinski definition) is 6. The number of hydrogen-bond donors (Lipinski definition) is 4. The van der Waals surface area contributed by atoms with Gasteiger partial charge < -0.3 is 24.9 Å². The van der Waals surface area contributed by atoms with E-state index in [2.05, 4.69) is 30.8 Å². The van der Waals surface area contributed by atoms with Gasteiger partial charge in [-0.1, -0.05) is 0 Å². The number of aromatic nitrogens is 3. The Morgan fingerprint density at radius 2 is 2.00 bits per heavy atom. The minimum atomic E-state index is -1.11. The van der Waals surface area contributed by atoms with Crippen molar-refractivity contribution >= 4 is 5.96 Å². The Morgan fingerprint density at radius 1 is 1.26 bits per heavy atom. The SMILES string of the molecule is CCNC(=NCc1nc(-c2ccc(OC)cc2)n[nH]1)NCC(C)(O)c1cc(C)oc1C. The second kappa shape index (κ2) is 9.65. The highest BCUT2D eigenvalue weighted by molar-refractivity contribution is 5.79. The Hall–Kier alpha value is -3.33. The normalized spacial score (nSPS) is 13.7. The largest absolute Gasteiger partial charge is 0.497 e. The van der Waals surface area contributed by atoms with Crippen molar-refractivity contribution in [3.05, 3.63) is 53.2 Å². The first kappa shape index (κ1) is 22.4. The summed E-state index contributed by atoms with van der Waals surface area (Å²) in [6, 6.07) is 9.40. The van der Waals surface area contributed by atoms with Gasteiger partial charge in [-0.25, -0.2) is 9.98 Å². The first-order valence-corrected chi connectivity index (χ1v) is 10.2. The van der Waals surface area contributed by atoms with Crippen molar-refractivity contribution < 1.29 is 14.3 Å². The zero-order valence-corrected chi connectivity index (χ0v) is 18.6. The van der Waals surface area contributed by atoms with Crippen molar-refractivity contribution in [1.29, 1.82) is 0 Å². The maximum absolute atomic E-state index is 10.9. The highest BCUT2D eigenvalue weighted by Crippen LogP contribution is 2.26. The fraction of sp³-hybridized carbons (Fsp3) is 0.409. The Labute approximate surface area is 182 Å². The van der Waals surface area contributed by atoms with Crippen LogP contribution in [0.5, 0.6) is 5.75 Å². The monoisotopic (exact) mass is 426 g/mol. The molecule has 0 amide bonds. The molecule has 0 aliphatic heterocycles. The van der Waals surface area contributed by atoms with Gasteiger partial charge in [-0.05, 0) is 58.0 Å². The molecule has 1 atom stereocenters. The second-order valence-corrected chi connectivity index (χ2v) is 7.48. The van der Waals surface area contributed by atoms with E-state index in [1.54, 1.807) is 14.0 Å². The summed E-state index contributed by atoms with van der Waals surface area (Å²) >= 11 is 0. The van der Waals surface area contributed by atoms with Gasteiger partial charge in [0.15, 0.2) is 11.8 Å². The van der Waals surface area contributed by atoms with Crippen LogP contribution in [0.2, 0.25) is 0 Å². The molecule has 0 radical (unpaired) electrons. The number of ether oxygens (including phenoxy) is 1. The number of aliphatic imine (C=N–C) groups is 1. The van der Waals surface area contributed by atoms with Crippen molar-refractivity contribution in [1.82, 2.24) is 25.8 Å². The summed E-state index contributed by atoms with van der Waals surface area (Å²) in [6.07, 6.45) is 0. The van der Waals surface area contributed by atoms with Crippen molar-refractivity contribution in [2.45, 2.75) is 39.8 Å². The third-order valence-corrected chi connectivity index (χ3v) is 4.83. The lowest BCUT2D eigenvalue weighted by Gasteiger charge is -2.24. The van der Waals surface area contributed by atoms with Gasteiger partial charge in [0, 0.05) is 17.7 Å². The van der Waals surface area contributed by atoms with E-state index in [4.69, 9.17) is 9.15 Å². The summed E-state index contributed by atoms with van der Waals surface area (Å²) in [5, 5.41) is 24.5. The Morgan fingerprint density at radius 3 is 2.61 bits per heavy atom. The van der Waals surface area contributed by atoms with Gasteiger partial charge in [0.2, 0.25) is 0 Å². The second-order valence-electron chi connectivity index (χ2n) is 7.48. The van der Waals surface area contributed by atoms with Crippen LogP contribution in [0.1, 0.15) is 36.8 Å². The van der Waals surface area contributed by atoms with Crippen molar-refractivity contribution in [3.63, 3.8) is 0 Å². The third-order valence-electron chi connectivity index (χ3n) is 4.83. The summed E-state index contributed by atoms with van der Waals surface area (Å²) < 4.78 is 10.7. The van der Waals surface area contributed by atoms with Crippen LogP contribution in [-0.4, -0.2) is 46.4 Å². The third kappa shape index (κ3) is 5.64. The molecule has 4 N–H and O–H groups in total. The number of benzene rings is 1. The summed E-state index contributed by atoms with van der Waals surface area (Å²) in [7, 11) is 1.63. The van der Waals surface area contributed by atoms with Crippen LogP contribution >= 0.6 is 0 Å². The van der Waals surface area contributed by atoms with E-state index in [9.17, 15) is 5.11 Å². The number of furan rings is 1. The van der Waals surface area contributed by atoms with E-state index in [1.807, 2.05) is 51.1 Å². The van der Waals surface area contributed by atoms with Gasteiger partial charge in [-0.3, -0.25) is 5.10 Å². The number of guanidine groups is 1. The van der Waals surface area contributed by atoms with Crippen LogP contribution in [-0.2, 0) is 12.1 Å². The predicted molar refractivity (Wildman–Crippen MR) is 119 cm³/mol. The highest BCUT2D eigenvalue weighted by atomic mass is 16.5. The molecule has 0 aliphatic rings. The molecule has 0 saturated heterocycles. The van der Waals surface area contributed by atoms with Crippen LogP contribution in [0.25, 0.3) is 11.4 Å². The van der Waals surface area contributed by atoms with E-state index >= 15 is 0 Å². The quantitative estimate of drug-likeness (QED) is 0.323. The van der Waals surface area contributed by atoms with Gasteiger partial charge >= 0.3 is 0 Å². The molecular formula is C22H30N6O3. The summed E-state index contributed by atoms with van der Waals surface area (Å²) in [5.41, 5.74) is 0.540. The molecule has 1 unspecified atom stereocenters. The molecule has 0 aliphatic carbocycles. The van der Waals surface area contributed by atoms with Gasteiger partial charge in [0.25, 0.3) is 0 Å². The fourth-order valence-corrected chi connectivity index (χ4v) is 3.25. The van der Waals surface area contributed by atoms with E-state index < -0.39 is 5.60 Å². The van der Waals surface area contributed by atoms with Crippen LogP contribution < -0.4 is 15.4 Å². The number of aliphatic hydroxyl groups is 1. The van der Waals surface area contributed by atoms with Crippen LogP contribution in [0.3, 0.4) is 0 Å². The minimum Gasteiger partial charge on any atom is -0.497 e. The number of H-pyrrole nitrogens is 1. The number of nitrogens with one attached hydrogen (secondary N) is 3. The van der Waals surface area contributed by atoms with Gasteiger partial charge in [0.05, 0.1) is 13.7 Å². The highest BCUT2D eigenvalue weighted by Gasteiger charge is 2.27. The maximum atomic E-state index is 10.9. The predicted octanol–water partition coefficient (Wildman–Crippen LogP) is 2.65. The first-order chi connectivity index (χ1) is 14.8. The summed E-state index contributed by atoms with van der Waals surface area (Å²) in [6.45, 7) is 8.71. The molecule has 1 aromatic carbocycles. The van der Waals surface area contributed by atoms with Crippen molar-refractivity contribution in [2.24, 2.45) is 4.99 Å². The lowest BCUT2D eigenvalue weighted by Crippen LogP contribution is -2.44. The van der Waals surface area contributed by atoms with Crippen LogP contribution in [0.4, 0.5) is 0 Å². The molecule has 2 heterocycles. The number of rotatable bonds is 8. The average molecular weight is 427 g/mol. The molecule has 0 bridgehead atoms. The molecule has 166 valence electrons. The van der Waals surface area contributed by atoms with Crippen LogP contribution in [0.15, 0.2) is 39.7 Å². The number of aryl methyl sites for hydroxylation is 2. The Balaban J connectivity index is 1.65. The fourth-order valence-electron chi connectivity index (χ4n) is 3.25. The topological polar surface area (TPSA) is 121 Å². The van der Waals surface area contributed by atoms with Crippen molar-refractivity contribution in [3.8, 4) is 17.1 Å². The average Bonchev–Trinajstić information content (AvgIpc) is 3.36. The van der Waals surface area contributed by atoms with E-state index in [-0.39, 0.29) is 6.54 Å². The maximum Gasteiger partial charge on any atom is 0.191 e. The Bertz CT molecular complexity index is 1020. The first-order valence-electron chi connectivity index (χ1n) is 10.2. The Kier molecular flexibility index (Phi) is 6.96. The lowest BCUT2D eigenvalue weighted by atomic mass is 9.96. The standard InChI is InChI=1S/C22H30N6O3/c1-6-23-21(25-13-22(4,29)18-11-14(2)31-15(18)3)24-12-19-26-20(28-27-19)16-7-9-17(30-5)10-8-16/h7-11,29H,6,12-13H2,1-5H3,(H2,23,24,25)(H,26,27,28). The van der Waals surface area contributed by atoms with Gasteiger partial charge in [-0.15, -0.1) is 0 Å². The molecule has 3 rings (SSSR count). The lowest BCUT2D eigenvalue weighted by molar-refractivity contribution is 0.0601. The molecule has 0 spiro atoms. The van der Waals surface area contributed by atoms with E-state index in [0.29, 0.717) is 36.5 Å². The minimum absolute atomic E-state index is 0.270.